The third-order valence-electron chi connectivity index (χ3n) is 4.08. The van der Waals surface area contributed by atoms with E-state index in [2.05, 4.69) is 5.32 Å². The van der Waals surface area contributed by atoms with E-state index in [9.17, 15) is 4.79 Å². The minimum Gasteiger partial charge on any atom is -0.376 e. The molecule has 0 aromatic rings. The number of hydrogen-bond acceptors (Lipinski definition) is 3. The van der Waals surface area contributed by atoms with Gasteiger partial charge < -0.3 is 15.8 Å². The number of carbonyl (C=O) groups is 1. The molecule has 0 aliphatic heterocycles. The molecule has 0 radical (unpaired) electrons. The van der Waals surface area contributed by atoms with Crippen molar-refractivity contribution in [2.45, 2.75) is 69.6 Å². The van der Waals surface area contributed by atoms with Crippen molar-refractivity contribution in [1.82, 2.24) is 5.32 Å². The molecule has 2 aliphatic rings. The van der Waals surface area contributed by atoms with Crippen LogP contribution in [0.25, 0.3) is 0 Å². The Morgan fingerprint density at radius 1 is 1.29 bits per heavy atom. The van der Waals surface area contributed by atoms with Crippen molar-refractivity contribution in [3.63, 3.8) is 0 Å². The lowest BCUT2D eigenvalue weighted by molar-refractivity contribution is -0.134. The van der Waals surface area contributed by atoms with Crippen molar-refractivity contribution in [3.8, 4) is 0 Å². The first-order valence-electron chi connectivity index (χ1n) is 6.69. The Hall–Kier alpha value is -0.610. The third kappa shape index (κ3) is 2.63. The summed E-state index contributed by atoms with van der Waals surface area (Å²) in [4.78, 5) is 12.1. The van der Waals surface area contributed by atoms with Crippen molar-refractivity contribution in [2.24, 2.45) is 5.73 Å². The molecule has 2 fully saturated rings. The van der Waals surface area contributed by atoms with Gasteiger partial charge in [-0.2, -0.15) is 0 Å². The smallest absolute Gasteiger partial charge is 0.240 e. The summed E-state index contributed by atoms with van der Waals surface area (Å²) >= 11 is 0. The van der Waals surface area contributed by atoms with E-state index in [0.29, 0.717) is 6.61 Å². The molecule has 0 unspecified atom stereocenters. The minimum absolute atomic E-state index is 0.0239. The molecule has 98 valence electrons. The van der Waals surface area contributed by atoms with Crippen molar-refractivity contribution in [2.75, 3.05) is 6.61 Å². The van der Waals surface area contributed by atoms with Crippen LogP contribution in [-0.4, -0.2) is 29.7 Å². The fourth-order valence-electron chi connectivity index (χ4n) is 2.39. The summed E-state index contributed by atoms with van der Waals surface area (Å²) in [5.41, 5.74) is 5.30. The van der Waals surface area contributed by atoms with Gasteiger partial charge in [-0.05, 0) is 52.4 Å². The predicted octanol–water partition coefficient (Wildman–Crippen LogP) is 1.33. The van der Waals surface area contributed by atoms with Crippen molar-refractivity contribution in [3.05, 3.63) is 0 Å². The molecule has 0 aromatic carbocycles. The molecule has 1 amide bonds. The normalized spacial score (nSPS) is 24.9. The molecule has 0 saturated heterocycles. The number of carbonyl (C=O) groups excluding carboxylic acids is 1. The van der Waals surface area contributed by atoms with Gasteiger partial charge in [-0.3, -0.25) is 4.79 Å². The molecule has 3 N–H and O–H groups in total. The second-order valence-corrected chi connectivity index (χ2v) is 5.96. The van der Waals surface area contributed by atoms with Crippen LogP contribution in [0.1, 0.15) is 52.4 Å². The van der Waals surface area contributed by atoms with Crippen molar-refractivity contribution >= 4 is 5.91 Å². The molecule has 0 aromatic heterocycles. The standard InChI is InChI=1S/C13H24N2O2/c1-10(2)17-9-12(5-3-6-12)15-11(16)13(14)7-4-8-13/h10H,3-9,14H2,1-2H3,(H,15,16). The van der Waals surface area contributed by atoms with Crippen molar-refractivity contribution in [1.29, 1.82) is 0 Å². The van der Waals surface area contributed by atoms with E-state index in [-0.39, 0.29) is 17.6 Å². The summed E-state index contributed by atoms with van der Waals surface area (Å²) in [5, 5.41) is 3.14. The number of ether oxygens (including phenoxy) is 1. The highest BCUT2D eigenvalue weighted by Crippen LogP contribution is 2.35. The highest BCUT2D eigenvalue weighted by atomic mass is 16.5. The van der Waals surface area contributed by atoms with Gasteiger partial charge in [-0.15, -0.1) is 0 Å². The summed E-state index contributed by atoms with van der Waals surface area (Å²) in [6, 6.07) is 0. The van der Waals surface area contributed by atoms with Gasteiger partial charge in [-0.25, -0.2) is 0 Å². The molecule has 17 heavy (non-hydrogen) atoms. The van der Waals surface area contributed by atoms with Gasteiger partial charge in [0.25, 0.3) is 0 Å². The average Bonchev–Trinajstić information content (AvgIpc) is 2.17. The van der Waals surface area contributed by atoms with E-state index in [1.54, 1.807) is 0 Å². The van der Waals surface area contributed by atoms with Gasteiger partial charge >= 0.3 is 0 Å². The number of rotatable bonds is 5. The van der Waals surface area contributed by atoms with Gasteiger partial charge in [-0.1, -0.05) is 0 Å². The summed E-state index contributed by atoms with van der Waals surface area (Å²) in [6.45, 7) is 4.65. The zero-order valence-electron chi connectivity index (χ0n) is 10.9. The Morgan fingerprint density at radius 2 is 1.88 bits per heavy atom. The quantitative estimate of drug-likeness (QED) is 0.762. The van der Waals surface area contributed by atoms with Crippen LogP contribution in [0.4, 0.5) is 0 Å². The Bertz CT molecular complexity index is 294. The van der Waals surface area contributed by atoms with E-state index in [4.69, 9.17) is 10.5 Å². The van der Waals surface area contributed by atoms with Crippen LogP contribution in [0.15, 0.2) is 0 Å². The zero-order chi connectivity index (χ0) is 12.5. The molecule has 0 heterocycles. The van der Waals surface area contributed by atoms with E-state index in [1.807, 2.05) is 13.8 Å². The Balaban J connectivity index is 1.88. The average molecular weight is 240 g/mol. The van der Waals surface area contributed by atoms with Gasteiger partial charge in [0.2, 0.25) is 5.91 Å². The highest BCUT2D eigenvalue weighted by Gasteiger charge is 2.46. The number of nitrogens with one attached hydrogen (secondary N) is 1. The maximum Gasteiger partial charge on any atom is 0.240 e. The highest BCUT2D eigenvalue weighted by molar-refractivity contribution is 5.87. The Kier molecular flexibility index (Phi) is 3.46. The topological polar surface area (TPSA) is 64.3 Å². The molecule has 0 bridgehead atoms. The van der Waals surface area contributed by atoms with Crippen LogP contribution < -0.4 is 11.1 Å². The zero-order valence-corrected chi connectivity index (χ0v) is 10.9. The molecule has 2 aliphatic carbocycles. The summed E-state index contributed by atoms with van der Waals surface area (Å²) in [6.07, 6.45) is 6.11. The van der Waals surface area contributed by atoms with Crippen LogP contribution >= 0.6 is 0 Å². The predicted molar refractivity (Wildman–Crippen MR) is 66.6 cm³/mol. The Labute approximate surface area is 103 Å². The second kappa shape index (κ2) is 4.58. The van der Waals surface area contributed by atoms with E-state index < -0.39 is 5.54 Å². The Morgan fingerprint density at radius 3 is 2.24 bits per heavy atom. The molecule has 0 atom stereocenters. The number of amides is 1. The summed E-state index contributed by atoms with van der Waals surface area (Å²) < 4.78 is 5.66. The van der Waals surface area contributed by atoms with Crippen molar-refractivity contribution < 1.29 is 9.53 Å². The lowest BCUT2D eigenvalue weighted by Crippen LogP contribution is -2.66. The molecular formula is C13H24N2O2. The van der Waals surface area contributed by atoms with Crippen LogP contribution in [-0.2, 0) is 9.53 Å². The minimum atomic E-state index is -0.597. The first-order valence-corrected chi connectivity index (χ1v) is 6.69. The molecular weight excluding hydrogens is 216 g/mol. The molecule has 2 rings (SSSR count). The van der Waals surface area contributed by atoms with Gasteiger partial charge in [0, 0.05) is 0 Å². The van der Waals surface area contributed by atoms with Gasteiger partial charge in [0.1, 0.15) is 0 Å². The van der Waals surface area contributed by atoms with Gasteiger partial charge in [0.15, 0.2) is 0 Å². The summed E-state index contributed by atoms with van der Waals surface area (Å²) in [7, 11) is 0. The third-order valence-corrected chi connectivity index (χ3v) is 4.08. The largest absolute Gasteiger partial charge is 0.376 e. The maximum absolute atomic E-state index is 12.1. The van der Waals surface area contributed by atoms with E-state index in [0.717, 1.165) is 32.1 Å². The van der Waals surface area contributed by atoms with Crippen LogP contribution in [0.2, 0.25) is 0 Å². The molecule has 2 saturated carbocycles. The molecule has 4 nitrogen and oxygen atoms in total. The lowest BCUT2D eigenvalue weighted by atomic mass is 9.73. The lowest BCUT2D eigenvalue weighted by Gasteiger charge is -2.46. The van der Waals surface area contributed by atoms with Crippen LogP contribution in [0, 0.1) is 0 Å². The first-order chi connectivity index (χ1) is 7.96. The maximum atomic E-state index is 12.1. The molecule has 0 spiro atoms. The molecule has 4 heteroatoms. The fraction of sp³-hybridized carbons (Fsp3) is 0.923. The van der Waals surface area contributed by atoms with Gasteiger partial charge in [0.05, 0.1) is 23.8 Å². The van der Waals surface area contributed by atoms with E-state index >= 15 is 0 Å². The second-order valence-electron chi connectivity index (χ2n) is 5.96. The number of hydrogen-bond donors (Lipinski definition) is 2. The number of nitrogens with two attached hydrogens (primary N) is 1. The fourth-order valence-corrected chi connectivity index (χ4v) is 2.39. The summed E-state index contributed by atoms with van der Waals surface area (Å²) in [5.74, 6) is 0.0239. The monoisotopic (exact) mass is 240 g/mol. The van der Waals surface area contributed by atoms with E-state index in [1.165, 1.54) is 6.42 Å². The SMILES string of the molecule is CC(C)OCC1(NC(=O)C2(N)CCC2)CCC1. The van der Waals surface area contributed by atoms with Crippen LogP contribution in [0.5, 0.6) is 0 Å². The van der Waals surface area contributed by atoms with Crippen LogP contribution in [0.3, 0.4) is 0 Å². The first kappa shape index (κ1) is 12.8.